The van der Waals surface area contributed by atoms with Gasteiger partial charge in [0.25, 0.3) is 0 Å². The van der Waals surface area contributed by atoms with Crippen LogP contribution in [0.5, 0.6) is 5.75 Å². The van der Waals surface area contributed by atoms with Crippen molar-refractivity contribution in [2.45, 2.75) is 95.2 Å². The molecule has 3 aliphatic carbocycles. The molecule has 5 N–H and O–H groups in total. The van der Waals surface area contributed by atoms with Crippen LogP contribution in [0.2, 0.25) is 0 Å². The van der Waals surface area contributed by atoms with Crippen molar-refractivity contribution in [3.05, 3.63) is 34.2 Å². The predicted molar refractivity (Wildman–Crippen MR) is 158 cm³/mol. The van der Waals surface area contributed by atoms with Crippen LogP contribution in [0.15, 0.2) is 23.5 Å². The molecule has 15 heteroatoms. The van der Waals surface area contributed by atoms with E-state index in [2.05, 4.69) is 5.29 Å². The zero-order valence-corrected chi connectivity index (χ0v) is 25.9. The third kappa shape index (κ3) is 6.76. The number of aldehydes is 1. The fraction of sp³-hybridized carbons (Fsp3) is 0.645. The highest BCUT2D eigenvalue weighted by atomic mass is 16.6. The molecule has 1 unspecified atom stereocenters. The molecule has 15 nitrogen and oxygen atoms in total. The van der Waals surface area contributed by atoms with Crippen LogP contribution in [0.25, 0.3) is 0 Å². The lowest BCUT2D eigenvalue weighted by Gasteiger charge is -2.51. The first-order valence-electron chi connectivity index (χ1n) is 15.4. The maximum atomic E-state index is 12.9. The number of rotatable bonds is 12. The topological polar surface area (TPSA) is 229 Å². The predicted octanol–water partition coefficient (Wildman–Crippen LogP) is 1.44. The molecule has 2 saturated carbocycles. The Balaban J connectivity index is 1.45. The first-order chi connectivity index (χ1) is 21.8. The highest BCUT2D eigenvalue weighted by molar-refractivity contribution is 5.81. The highest BCUT2D eigenvalue weighted by Gasteiger charge is 2.58. The van der Waals surface area contributed by atoms with Gasteiger partial charge in [0.15, 0.2) is 6.10 Å². The van der Waals surface area contributed by atoms with Gasteiger partial charge in [0, 0.05) is 19.4 Å². The Labute approximate surface area is 265 Å². The summed E-state index contributed by atoms with van der Waals surface area (Å²) in [5, 5.41) is 45.9. The van der Waals surface area contributed by atoms with Crippen molar-refractivity contribution < 1.29 is 53.9 Å². The van der Waals surface area contributed by atoms with Crippen LogP contribution >= 0.6 is 0 Å². The largest absolute Gasteiger partial charge is 0.478 e. The molecule has 46 heavy (non-hydrogen) atoms. The van der Waals surface area contributed by atoms with Gasteiger partial charge in [0.2, 0.25) is 6.10 Å². The van der Waals surface area contributed by atoms with Crippen LogP contribution in [0, 0.1) is 28.1 Å². The average Bonchev–Trinajstić information content (AvgIpc) is 3.40. The third-order valence-electron chi connectivity index (χ3n) is 10.3. The number of benzene rings is 1. The van der Waals surface area contributed by atoms with E-state index < -0.39 is 59.8 Å². The summed E-state index contributed by atoms with van der Waals surface area (Å²) in [5.41, 5.74) is 1.83. The number of ether oxygens (including phenoxy) is 2. The maximum absolute atomic E-state index is 12.9. The van der Waals surface area contributed by atoms with Crippen molar-refractivity contribution >= 4 is 30.2 Å². The van der Waals surface area contributed by atoms with Gasteiger partial charge in [0.1, 0.15) is 30.3 Å². The molecule has 2 fully saturated rings. The van der Waals surface area contributed by atoms with Gasteiger partial charge in [0.05, 0.1) is 5.29 Å². The molecule has 2 amide bonds. The zero-order valence-electron chi connectivity index (χ0n) is 25.9. The average molecular weight is 648 g/mol. The number of aliphatic hydroxyl groups is 3. The second-order valence-electron chi connectivity index (χ2n) is 12.7. The summed E-state index contributed by atoms with van der Waals surface area (Å²) in [5.74, 6) is -2.68. The molecule has 0 saturated heterocycles. The molecule has 1 aromatic rings. The minimum atomic E-state index is -2.46. The molecule has 4 rings (SSSR count). The van der Waals surface area contributed by atoms with Crippen molar-refractivity contribution in [2.24, 2.45) is 28.5 Å². The summed E-state index contributed by atoms with van der Waals surface area (Å²) >= 11 is 0. The number of nitrogens with zero attached hydrogens (tertiary/aromatic N) is 2. The molecule has 1 aromatic carbocycles. The monoisotopic (exact) mass is 647 g/mol. The first-order valence-corrected chi connectivity index (χ1v) is 15.4. The molecule has 0 spiro atoms. The first kappa shape index (κ1) is 34.9. The minimum absolute atomic E-state index is 0.0160. The fourth-order valence-electron chi connectivity index (χ4n) is 7.87. The highest BCUT2D eigenvalue weighted by Crippen LogP contribution is 2.64. The number of carboxylic acid groups (broad SMARTS) is 1. The van der Waals surface area contributed by atoms with E-state index in [0.717, 1.165) is 31.9 Å². The quantitative estimate of drug-likeness (QED) is 0.0714. The lowest BCUT2D eigenvalue weighted by molar-refractivity contribution is -0.185. The van der Waals surface area contributed by atoms with Crippen LogP contribution in [0.3, 0.4) is 0 Å². The molecule has 0 heterocycles. The van der Waals surface area contributed by atoms with Gasteiger partial charge in [-0.05, 0) is 85.0 Å². The van der Waals surface area contributed by atoms with Crippen molar-refractivity contribution in [2.75, 3.05) is 7.05 Å². The molecule has 252 valence electrons. The Morgan fingerprint density at radius 3 is 2.48 bits per heavy atom. The number of aryl methyl sites for hydroxylation is 1. The van der Waals surface area contributed by atoms with E-state index in [1.807, 2.05) is 30.4 Å². The summed E-state index contributed by atoms with van der Waals surface area (Å²) in [4.78, 5) is 70.9. The number of esters is 2. The van der Waals surface area contributed by atoms with Crippen LogP contribution in [-0.2, 0) is 30.3 Å². The summed E-state index contributed by atoms with van der Waals surface area (Å²) in [6, 6.07) is 2.69. The number of hydrogen-bond acceptors (Lipinski definition) is 12. The van der Waals surface area contributed by atoms with Crippen LogP contribution < -0.4 is 10.1 Å². The number of carbonyl (C=O) groups excluding carboxylic acids is 4. The van der Waals surface area contributed by atoms with Gasteiger partial charge in [-0.25, -0.2) is 14.4 Å². The number of amides is 2. The smallest absolute Gasteiger partial charge is 0.345 e. The third-order valence-corrected chi connectivity index (χ3v) is 10.3. The number of aliphatic hydroxyl groups excluding tert-OH is 3. The number of carboxylic acids is 1. The van der Waals surface area contributed by atoms with Gasteiger partial charge in [-0.1, -0.05) is 19.9 Å². The number of nitrogens with one attached hydrogen (secondary N) is 1. The summed E-state index contributed by atoms with van der Waals surface area (Å²) in [6.45, 7) is 3.74. The summed E-state index contributed by atoms with van der Waals surface area (Å²) in [7, 11) is 0.961. The van der Waals surface area contributed by atoms with E-state index >= 15 is 0 Å². The normalized spacial score (nSPS) is 28.0. The second kappa shape index (κ2) is 14.2. The number of fused-ring (bicyclic) bond motifs is 5. The number of urea groups is 1. The fourth-order valence-corrected chi connectivity index (χ4v) is 7.87. The number of nitroso groups, excluding NO2 is 1. The van der Waals surface area contributed by atoms with Crippen LogP contribution in [0.1, 0.15) is 69.4 Å². The van der Waals surface area contributed by atoms with E-state index in [4.69, 9.17) is 9.47 Å². The summed E-state index contributed by atoms with van der Waals surface area (Å²) in [6.07, 6.45) is -4.17. The van der Waals surface area contributed by atoms with Crippen molar-refractivity contribution in [3.63, 3.8) is 0 Å². The molecule has 0 bridgehead atoms. The zero-order chi connectivity index (χ0) is 33.9. The van der Waals surface area contributed by atoms with Crippen molar-refractivity contribution in [1.82, 2.24) is 10.3 Å². The van der Waals surface area contributed by atoms with Gasteiger partial charge in [-0.15, -0.1) is 4.91 Å². The Hall–Kier alpha value is -3.95. The SMILES string of the molecule is CCC(=O)Oc1ccc2c(c1)CC[C@@H]1[C@@H]2CC[C@]2(C)[C@@H](C(OC(=O)[C@@H](O)[C@@H](O)[C@H](O)[C@H](C=O)NC(=O)N(C)N=O)C(=O)O)CC[C@@H]12. The van der Waals surface area contributed by atoms with E-state index in [0.29, 0.717) is 25.0 Å². The van der Waals surface area contributed by atoms with Gasteiger partial charge < -0.3 is 40.0 Å². The Morgan fingerprint density at radius 2 is 1.85 bits per heavy atom. The molecule has 0 radical (unpaired) electrons. The van der Waals surface area contributed by atoms with E-state index in [1.165, 1.54) is 5.56 Å². The second-order valence-corrected chi connectivity index (χ2v) is 12.7. The molecular formula is C31H41N3O12. The Kier molecular flexibility index (Phi) is 10.8. The van der Waals surface area contributed by atoms with E-state index in [1.54, 1.807) is 6.92 Å². The lowest BCUT2D eigenvalue weighted by Crippen LogP contribution is -2.56. The van der Waals surface area contributed by atoms with Crippen molar-refractivity contribution in [3.8, 4) is 5.75 Å². The Bertz CT molecular complexity index is 1360. The van der Waals surface area contributed by atoms with E-state index in [9.17, 15) is 49.3 Å². The molecular weight excluding hydrogens is 606 g/mol. The van der Waals surface area contributed by atoms with Gasteiger partial charge in [-0.3, -0.25) is 4.79 Å². The number of hydrogen-bond donors (Lipinski definition) is 5. The molecule has 0 aliphatic heterocycles. The molecule has 10 atom stereocenters. The lowest BCUT2D eigenvalue weighted by atomic mass is 9.53. The molecule has 3 aliphatic rings. The number of carbonyl (C=O) groups is 5. The van der Waals surface area contributed by atoms with Crippen LogP contribution in [0.4, 0.5) is 4.79 Å². The van der Waals surface area contributed by atoms with Crippen molar-refractivity contribution in [1.29, 1.82) is 0 Å². The van der Waals surface area contributed by atoms with E-state index in [-0.39, 0.29) is 41.4 Å². The standard InChI is InChI=1S/C31H41N3O12/c1-4-23(36)45-16-6-8-17-15(13-16)5-7-19-18(17)11-12-31(2)20(19)9-10-21(31)27(28(40)41)46-29(42)26(39)25(38)24(37)22(14-35)32-30(43)34(3)33-44/h6,8,13-14,18-22,24-27,37-39H,4-5,7,9-12H2,1-3H3,(H,32,43)(H,40,41)/t18-,19-,20+,21-,22+,24-,25+,26+,27?,31+/m1/s1. The van der Waals surface area contributed by atoms with Gasteiger partial charge in [-0.2, -0.15) is 5.01 Å². The number of aliphatic carboxylic acids is 1. The van der Waals surface area contributed by atoms with Crippen LogP contribution in [-0.4, -0.2) is 93.2 Å². The van der Waals surface area contributed by atoms with Gasteiger partial charge >= 0.3 is 23.9 Å². The Morgan fingerprint density at radius 1 is 1.13 bits per heavy atom. The molecule has 0 aromatic heterocycles. The summed E-state index contributed by atoms with van der Waals surface area (Å²) < 4.78 is 10.7. The minimum Gasteiger partial charge on any atom is -0.478 e. The maximum Gasteiger partial charge on any atom is 0.345 e.